The molecule has 0 amide bonds. The lowest BCUT2D eigenvalue weighted by Gasteiger charge is -2.32. The molecule has 1 atom stereocenters. The normalized spacial score (nSPS) is 18.7. The van der Waals surface area contributed by atoms with Gasteiger partial charge in [-0.25, -0.2) is 4.98 Å². The summed E-state index contributed by atoms with van der Waals surface area (Å²) >= 11 is 1.68. The van der Waals surface area contributed by atoms with Gasteiger partial charge in [-0.3, -0.25) is 10.2 Å². The second kappa shape index (κ2) is 7.37. The van der Waals surface area contributed by atoms with Crippen molar-refractivity contribution in [3.05, 3.63) is 34.8 Å². The van der Waals surface area contributed by atoms with E-state index in [4.69, 9.17) is 4.42 Å². The molecule has 1 N–H and O–H groups in total. The first-order valence-corrected chi connectivity index (χ1v) is 10.3. The third-order valence-electron chi connectivity index (χ3n) is 5.15. The summed E-state index contributed by atoms with van der Waals surface area (Å²) in [6, 6.07) is 7.36. The molecule has 26 heavy (non-hydrogen) atoms. The van der Waals surface area contributed by atoms with Crippen LogP contribution in [-0.4, -0.2) is 27.5 Å². The number of oxazole rings is 1. The summed E-state index contributed by atoms with van der Waals surface area (Å²) in [6.07, 6.45) is 5.91. The minimum absolute atomic E-state index is 0.478. The average Bonchev–Trinajstić information content (AvgIpc) is 3.22. The minimum Gasteiger partial charge on any atom is -0.423 e. The summed E-state index contributed by atoms with van der Waals surface area (Å²) in [7, 11) is 0. The first-order valence-electron chi connectivity index (χ1n) is 9.45. The maximum Gasteiger partial charge on any atom is 0.302 e. The Morgan fingerprint density at radius 1 is 1.35 bits per heavy atom. The maximum atomic E-state index is 5.82. The van der Waals surface area contributed by atoms with Crippen molar-refractivity contribution in [2.24, 2.45) is 0 Å². The van der Waals surface area contributed by atoms with Crippen molar-refractivity contribution in [1.29, 1.82) is 0 Å². The molecule has 3 aromatic rings. The SMILES string of the molecule is CC(C)c1ccc2oc(Nc3ncc(CN4CCCCC4C)s3)nc2c1. The van der Waals surface area contributed by atoms with Crippen molar-refractivity contribution in [3.63, 3.8) is 0 Å². The highest BCUT2D eigenvalue weighted by atomic mass is 32.1. The summed E-state index contributed by atoms with van der Waals surface area (Å²) in [4.78, 5) is 12.9. The molecule has 0 saturated carbocycles. The summed E-state index contributed by atoms with van der Waals surface area (Å²) in [6.45, 7) is 8.85. The monoisotopic (exact) mass is 370 g/mol. The Bertz CT molecular complexity index is 885. The lowest BCUT2D eigenvalue weighted by molar-refractivity contribution is 0.154. The molecule has 0 aliphatic carbocycles. The number of fused-ring (bicyclic) bond motifs is 1. The van der Waals surface area contributed by atoms with Crippen LogP contribution in [0.25, 0.3) is 11.1 Å². The van der Waals surface area contributed by atoms with E-state index >= 15 is 0 Å². The van der Waals surface area contributed by atoms with E-state index < -0.39 is 0 Å². The van der Waals surface area contributed by atoms with E-state index in [2.05, 4.69) is 53.1 Å². The van der Waals surface area contributed by atoms with Gasteiger partial charge in [-0.2, -0.15) is 4.98 Å². The van der Waals surface area contributed by atoms with Crippen molar-refractivity contribution in [2.45, 2.75) is 58.5 Å². The van der Waals surface area contributed by atoms with Gasteiger partial charge in [0.05, 0.1) is 0 Å². The van der Waals surface area contributed by atoms with Gasteiger partial charge in [0.15, 0.2) is 10.7 Å². The standard InChI is InChI=1S/C20H26N4OS/c1-13(2)15-7-8-18-17(10-15)22-19(25-18)23-20-21-11-16(26-20)12-24-9-5-4-6-14(24)3/h7-8,10-11,13-14H,4-6,9,12H2,1-3H3,(H,21,22,23). The molecule has 0 spiro atoms. The van der Waals surface area contributed by atoms with Crippen LogP contribution in [-0.2, 0) is 6.54 Å². The molecule has 1 fully saturated rings. The van der Waals surface area contributed by atoms with Crippen LogP contribution in [0.3, 0.4) is 0 Å². The zero-order valence-corrected chi connectivity index (χ0v) is 16.5. The second-order valence-corrected chi connectivity index (χ2v) is 8.59. The molecule has 5 nitrogen and oxygen atoms in total. The zero-order valence-electron chi connectivity index (χ0n) is 15.7. The second-order valence-electron chi connectivity index (χ2n) is 7.47. The number of rotatable bonds is 5. The fraction of sp³-hybridized carbons (Fsp3) is 0.500. The fourth-order valence-electron chi connectivity index (χ4n) is 3.48. The molecule has 1 aliphatic rings. The smallest absolute Gasteiger partial charge is 0.302 e. The highest BCUT2D eigenvalue weighted by Crippen LogP contribution is 2.28. The number of hydrogen-bond acceptors (Lipinski definition) is 6. The molecule has 138 valence electrons. The molecular weight excluding hydrogens is 344 g/mol. The molecular formula is C20H26N4OS. The van der Waals surface area contributed by atoms with Crippen LogP contribution in [0, 0.1) is 0 Å². The quantitative estimate of drug-likeness (QED) is 0.640. The van der Waals surface area contributed by atoms with E-state index in [1.165, 1.54) is 36.2 Å². The molecule has 1 saturated heterocycles. The van der Waals surface area contributed by atoms with Crippen LogP contribution in [0.15, 0.2) is 28.8 Å². The van der Waals surface area contributed by atoms with Crippen LogP contribution in [0.5, 0.6) is 0 Å². The summed E-state index contributed by atoms with van der Waals surface area (Å²) < 4.78 is 5.82. The van der Waals surface area contributed by atoms with Gasteiger partial charge in [-0.05, 0) is 49.9 Å². The topological polar surface area (TPSA) is 54.2 Å². The number of thiazole rings is 1. The number of piperidine rings is 1. The first kappa shape index (κ1) is 17.5. The van der Waals surface area contributed by atoms with E-state index in [0.717, 1.165) is 22.8 Å². The van der Waals surface area contributed by atoms with E-state index in [1.807, 2.05) is 12.3 Å². The Morgan fingerprint density at radius 3 is 3.04 bits per heavy atom. The third-order valence-corrected chi connectivity index (χ3v) is 6.04. The van der Waals surface area contributed by atoms with E-state index in [-0.39, 0.29) is 0 Å². The van der Waals surface area contributed by atoms with Crippen LogP contribution >= 0.6 is 11.3 Å². The predicted molar refractivity (Wildman–Crippen MR) is 107 cm³/mol. The van der Waals surface area contributed by atoms with Crippen molar-refractivity contribution in [3.8, 4) is 0 Å². The fourth-order valence-corrected chi connectivity index (χ4v) is 4.31. The number of nitrogens with one attached hydrogen (secondary N) is 1. The summed E-state index contributed by atoms with van der Waals surface area (Å²) in [5.74, 6) is 0.478. The van der Waals surface area contributed by atoms with Crippen LogP contribution in [0.2, 0.25) is 0 Å². The van der Waals surface area contributed by atoms with Gasteiger partial charge in [0.2, 0.25) is 0 Å². The van der Waals surface area contributed by atoms with Gasteiger partial charge >= 0.3 is 6.01 Å². The van der Waals surface area contributed by atoms with Gasteiger partial charge in [0, 0.05) is 23.7 Å². The average molecular weight is 371 g/mol. The van der Waals surface area contributed by atoms with E-state index in [1.54, 1.807) is 11.3 Å². The molecule has 1 aromatic carbocycles. The molecule has 6 heteroatoms. The number of anilines is 2. The Kier molecular flexibility index (Phi) is 4.96. The van der Waals surface area contributed by atoms with Crippen molar-refractivity contribution in [1.82, 2.24) is 14.9 Å². The Hall–Kier alpha value is -1.92. The van der Waals surface area contributed by atoms with Gasteiger partial charge in [-0.15, -0.1) is 11.3 Å². The molecule has 4 rings (SSSR count). The van der Waals surface area contributed by atoms with Gasteiger partial charge in [-0.1, -0.05) is 26.3 Å². The van der Waals surface area contributed by atoms with E-state index in [9.17, 15) is 0 Å². The molecule has 0 bridgehead atoms. The summed E-state index contributed by atoms with van der Waals surface area (Å²) in [5.41, 5.74) is 2.96. The Balaban J connectivity index is 1.46. The lowest BCUT2D eigenvalue weighted by Crippen LogP contribution is -2.36. The van der Waals surface area contributed by atoms with Gasteiger partial charge < -0.3 is 4.42 Å². The molecule has 1 unspecified atom stereocenters. The minimum atomic E-state index is 0.478. The number of benzene rings is 1. The van der Waals surface area contributed by atoms with Gasteiger partial charge in [0.1, 0.15) is 5.52 Å². The third kappa shape index (κ3) is 3.76. The molecule has 2 aromatic heterocycles. The Morgan fingerprint density at radius 2 is 2.23 bits per heavy atom. The predicted octanol–water partition coefficient (Wildman–Crippen LogP) is 5.53. The number of aromatic nitrogens is 2. The van der Waals surface area contributed by atoms with Crippen LogP contribution < -0.4 is 5.32 Å². The van der Waals surface area contributed by atoms with Crippen LogP contribution in [0.4, 0.5) is 11.1 Å². The zero-order chi connectivity index (χ0) is 18.1. The lowest BCUT2D eigenvalue weighted by atomic mass is 10.0. The Labute approximate surface area is 158 Å². The van der Waals surface area contributed by atoms with Crippen LogP contribution in [0.1, 0.15) is 56.4 Å². The summed E-state index contributed by atoms with van der Waals surface area (Å²) in [5, 5.41) is 4.06. The molecule has 0 radical (unpaired) electrons. The number of hydrogen-bond donors (Lipinski definition) is 1. The van der Waals surface area contributed by atoms with Crippen molar-refractivity contribution in [2.75, 3.05) is 11.9 Å². The molecule has 3 heterocycles. The van der Waals surface area contributed by atoms with Crippen molar-refractivity contribution >= 4 is 33.6 Å². The largest absolute Gasteiger partial charge is 0.423 e. The highest BCUT2D eigenvalue weighted by Gasteiger charge is 2.19. The number of likely N-dealkylation sites (tertiary alicyclic amines) is 1. The maximum absolute atomic E-state index is 5.82. The highest BCUT2D eigenvalue weighted by molar-refractivity contribution is 7.15. The first-order chi connectivity index (χ1) is 12.6. The van der Waals surface area contributed by atoms with E-state index in [0.29, 0.717) is 18.0 Å². The number of nitrogens with zero attached hydrogens (tertiary/aromatic N) is 3. The van der Waals surface area contributed by atoms with Gasteiger partial charge in [0.25, 0.3) is 0 Å². The van der Waals surface area contributed by atoms with Crippen molar-refractivity contribution < 1.29 is 4.42 Å². The molecule has 1 aliphatic heterocycles.